The van der Waals surface area contributed by atoms with E-state index in [1.165, 1.54) is 7.11 Å². The van der Waals surface area contributed by atoms with Crippen molar-refractivity contribution in [1.82, 2.24) is 10.2 Å². The zero-order chi connectivity index (χ0) is 25.0. The Hall–Kier alpha value is -2.57. The Morgan fingerprint density at radius 2 is 1.79 bits per heavy atom. The lowest BCUT2D eigenvalue weighted by Crippen LogP contribution is -2.52. The van der Waals surface area contributed by atoms with Gasteiger partial charge in [0.1, 0.15) is 5.75 Å². The molecule has 34 heavy (non-hydrogen) atoms. The maximum absolute atomic E-state index is 12.7. The van der Waals surface area contributed by atoms with E-state index in [0.29, 0.717) is 32.2 Å². The first-order chi connectivity index (χ1) is 16.0. The van der Waals surface area contributed by atoms with Crippen LogP contribution in [0.5, 0.6) is 5.75 Å². The van der Waals surface area contributed by atoms with Gasteiger partial charge in [0.25, 0.3) is 5.91 Å². The van der Waals surface area contributed by atoms with E-state index >= 15 is 0 Å². The van der Waals surface area contributed by atoms with Crippen LogP contribution in [0.1, 0.15) is 10.4 Å². The predicted molar refractivity (Wildman–Crippen MR) is 131 cm³/mol. The molecule has 0 atom stereocenters. The number of benzene rings is 2. The van der Waals surface area contributed by atoms with Gasteiger partial charge in [0.2, 0.25) is 0 Å². The first-order valence-corrected chi connectivity index (χ1v) is 11.4. The summed E-state index contributed by atoms with van der Waals surface area (Å²) in [5.41, 5.74) is 1.42. The second-order valence-corrected chi connectivity index (χ2v) is 8.90. The van der Waals surface area contributed by atoms with E-state index < -0.39 is 18.0 Å². The molecule has 1 aliphatic heterocycles. The number of alkyl halides is 3. The van der Waals surface area contributed by atoms with Crippen LogP contribution in [0.4, 0.5) is 24.5 Å². The summed E-state index contributed by atoms with van der Waals surface area (Å²) in [5.74, 6) is -1.74. The minimum Gasteiger partial charge on any atom is -0.496 e. The highest BCUT2D eigenvalue weighted by atomic mass is 79.9. The highest BCUT2D eigenvalue weighted by molar-refractivity contribution is 9.10. The van der Waals surface area contributed by atoms with Gasteiger partial charge in [-0.3, -0.25) is 14.9 Å². The average Bonchev–Trinajstić information content (AvgIpc) is 2.78. The molecule has 182 valence electrons. The molecule has 0 spiro atoms. The van der Waals surface area contributed by atoms with Gasteiger partial charge < -0.3 is 19.9 Å². The fraction of sp³-hybridized carbons (Fsp3) is 0.286. The number of thiocarbonyl (C=S) groups is 1. The Bertz CT molecular complexity index is 1110. The molecular formula is C21H19BrClF3N4O3S. The van der Waals surface area contributed by atoms with Gasteiger partial charge in [0.15, 0.2) is 5.11 Å². The zero-order valence-corrected chi connectivity index (χ0v) is 20.9. The molecule has 0 saturated carbocycles. The number of nitrogens with zero attached hydrogens (tertiary/aromatic N) is 2. The second-order valence-electron chi connectivity index (χ2n) is 7.20. The number of hydrogen-bond acceptors (Lipinski definition) is 5. The van der Waals surface area contributed by atoms with Gasteiger partial charge in [0, 0.05) is 36.8 Å². The molecule has 1 fully saturated rings. The van der Waals surface area contributed by atoms with Crippen molar-refractivity contribution in [1.29, 1.82) is 0 Å². The maximum Gasteiger partial charge on any atom is 0.471 e. The van der Waals surface area contributed by atoms with Crippen molar-refractivity contribution >= 4 is 68.1 Å². The summed E-state index contributed by atoms with van der Waals surface area (Å²) in [6.45, 7) is 0.177. The van der Waals surface area contributed by atoms with Crippen LogP contribution in [-0.4, -0.2) is 61.3 Å². The van der Waals surface area contributed by atoms with Crippen molar-refractivity contribution in [2.75, 3.05) is 43.5 Å². The van der Waals surface area contributed by atoms with E-state index in [4.69, 9.17) is 28.6 Å². The lowest BCUT2D eigenvalue weighted by atomic mass is 10.2. The minimum absolute atomic E-state index is 0.00587. The summed E-state index contributed by atoms with van der Waals surface area (Å²) in [6.07, 6.45) is -4.90. The molecule has 0 bridgehead atoms. The second kappa shape index (κ2) is 10.8. The third-order valence-corrected chi connectivity index (χ3v) is 6.06. The average molecular weight is 580 g/mol. The van der Waals surface area contributed by atoms with Crippen molar-refractivity contribution in [2.24, 2.45) is 0 Å². The molecule has 7 nitrogen and oxygen atoms in total. The topological polar surface area (TPSA) is 73.9 Å². The Morgan fingerprint density at radius 1 is 1.12 bits per heavy atom. The molecule has 2 aromatic rings. The number of piperazine rings is 1. The number of ether oxygens (including phenoxy) is 1. The normalized spacial score (nSPS) is 13.9. The zero-order valence-electron chi connectivity index (χ0n) is 17.7. The smallest absolute Gasteiger partial charge is 0.471 e. The standard InChI is InChI=1S/C21H19BrClF3N4O3S/c1-33-17-5-2-12(10-14(17)22)18(31)28-20(34)27-15-11-13(23)3-4-16(15)29-6-8-30(9-7-29)19(32)21(24,25)26/h2-5,10-11H,6-9H2,1H3,(H2,27,28,31,34). The predicted octanol–water partition coefficient (Wildman–Crippen LogP) is 4.45. The number of carbonyl (C=O) groups excluding carboxylic acids is 2. The van der Waals surface area contributed by atoms with Gasteiger partial charge in [0.05, 0.1) is 23.0 Å². The molecule has 0 unspecified atom stereocenters. The number of nitrogens with one attached hydrogen (secondary N) is 2. The lowest BCUT2D eigenvalue weighted by molar-refractivity contribution is -0.185. The molecular weight excluding hydrogens is 561 g/mol. The number of rotatable bonds is 4. The van der Waals surface area contributed by atoms with Gasteiger partial charge in [-0.15, -0.1) is 0 Å². The molecule has 0 aromatic heterocycles. The molecule has 3 rings (SSSR count). The van der Waals surface area contributed by atoms with Crippen molar-refractivity contribution in [2.45, 2.75) is 6.18 Å². The maximum atomic E-state index is 12.7. The molecule has 1 aliphatic rings. The van der Waals surface area contributed by atoms with E-state index in [-0.39, 0.29) is 31.3 Å². The number of hydrogen-bond donors (Lipinski definition) is 2. The monoisotopic (exact) mass is 578 g/mol. The summed E-state index contributed by atoms with van der Waals surface area (Å²) in [6, 6.07) is 9.71. The summed E-state index contributed by atoms with van der Waals surface area (Å²) in [7, 11) is 1.51. The Morgan fingerprint density at radius 3 is 2.38 bits per heavy atom. The van der Waals surface area contributed by atoms with Crippen LogP contribution in [0.25, 0.3) is 0 Å². The minimum atomic E-state index is -4.90. The Labute approximate surface area is 212 Å². The lowest BCUT2D eigenvalue weighted by Gasteiger charge is -2.37. The molecule has 0 aliphatic carbocycles. The van der Waals surface area contributed by atoms with Gasteiger partial charge >= 0.3 is 12.1 Å². The highest BCUT2D eigenvalue weighted by Crippen LogP contribution is 2.31. The number of carbonyl (C=O) groups is 2. The fourth-order valence-corrected chi connectivity index (χ4v) is 4.27. The van der Waals surface area contributed by atoms with Crippen LogP contribution in [-0.2, 0) is 4.79 Å². The van der Waals surface area contributed by atoms with Crippen LogP contribution >= 0.6 is 39.7 Å². The first kappa shape index (κ1) is 26.0. The molecule has 0 radical (unpaired) electrons. The van der Waals surface area contributed by atoms with Crippen LogP contribution in [0.3, 0.4) is 0 Å². The summed E-state index contributed by atoms with van der Waals surface area (Å²) in [4.78, 5) is 26.6. The Kier molecular flexibility index (Phi) is 8.26. The fourth-order valence-electron chi connectivity index (χ4n) is 3.35. The van der Waals surface area contributed by atoms with Gasteiger partial charge in [-0.25, -0.2) is 0 Å². The van der Waals surface area contributed by atoms with Crippen LogP contribution in [0.2, 0.25) is 5.02 Å². The van der Waals surface area contributed by atoms with Crippen molar-refractivity contribution in [3.63, 3.8) is 0 Å². The molecule has 2 aromatic carbocycles. The number of anilines is 2. The number of halogens is 5. The van der Waals surface area contributed by atoms with Crippen LogP contribution in [0.15, 0.2) is 40.9 Å². The molecule has 13 heteroatoms. The van der Waals surface area contributed by atoms with Crippen LogP contribution in [0, 0.1) is 0 Å². The van der Waals surface area contributed by atoms with Crippen molar-refractivity contribution in [3.8, 4) is 5.75 Å². The van der Waals surface area contributed by atoms with E-state index in [1.54, 1.807) is 36.4 Å². The summed E-state index contributed by atoms with van der Waals surface area (Å²) >= 11 is 14.7. The first-order valence-electron chi connectivity index (χ1n) is 9.86. The molecule has 2 N–H and O–H groups in total. The SMILES string of the molecule is COc1ccc(C(=O)NC(=S)Nc2cc(Cl)ccc2N2CCN(C(=O)C(F)(F)F)CC2)cc1Br. The van der Waals surface area contributed by atoms with Crippen LogP contribution < -0.4 is 20.3 Å². The molecule has 2 amide bonds. The summed E-state index contributed by atoms with van der Waals surface area (Å²) < 4.78 is 43.9. The molecule has 1 saturated heterocycles. The van der Waals surface area contributed by atoms with Crippen molar-refractivity contribution < 1.29 is 27.5 Å². The van der Waals surface area contributed by atoms with E-state index in [0.717, 1.165) is 4.90 Å². The van der Waals surface area contributed by atoms with Crippen molar-refractivity contribution in [3.05, 3.63) is 51.5 Å². The van der Waals surface area contributed by atoms with Gasteiger partial charge in [-0.1, -0.05) is 11.6 Å². The summed E-state index contributed by atoms with van der Waals surface area (Å²) in [5, 5.41) is 5.90. The quantitative estimate of drug-likeness (QED) is 0.522. The van der Waals surface area contributed by atoms with Gasteiger partial charge in [-0.05, 0) is 64.5 Å². The van der Waals surface area contributed by atoms with E-state index in [1.807, 2.05) is 4.90 Å². The number of amides is 2. The largest absolute Gasteiger partial charge is 0.496 e. The Balaban J connectivity index is 1.68. The van der Waals surface area contributed by atoms with E-state index in [2.05, 4.69) is 26.6 Å². The van der Waals surface area contributed by atoms with Gasteiger partial charge in [-0.2, -0.15) is 13.2 Å². The van der Waals surface area contributed by atoms with E-state index in [9.17, 15) is 22.8 Å². The number of methoxy groups -OCH3 is 1. The third kappa shape index (κ3) is 6.30. The highest BCUT2D eigenvalue weighted by Gasteiger charge is 2.43. The molecule has 1 heterocycles. The third-order valence-electron chi connectivity index (χ3n) is 5.00.